The molecule has 1 saturated carbocycles. The van der Waals surface area contributed by atoms with E-state index in [9.17, 15) is 0 Å². The Hall–Kier alpha value is -0.940. The van der Waals surface area contributed by atoms with Gasteiger partial charge in [0.05, 0.1) is 0 Å². The lowest BCUT2D eigenvalue weighted by Gasteiger charge is -2.21. The highest BCUT2D eigenvalue weighted by Gasteiger charge is 2.29. The summed E-state index contributed by atoms with van der Waals surface area (Å²) in [6, 6.07) is 0.432. The van der Waals surface area contributed by atoms with Gasteiger partial charge >= 0.3 is 0 Å². The van der Waals surface area contributed by atoms with Crippen LogP contribution < -0.4 is 5.32 Å². The van der Waals surface area contributed by atoms with Gasteiger partial charge in [-0.25, -0.2) is 0 Å². The first-order chi connectivity index (χ1) is 9.06. The first-order valence-electron chi connectivity index (χ1n) is 7.12. The highest BCUT2D eigenvalue weighted by Crippen LogP contribution is 2.29. The molecule has 1 aliphatic rings. The summed E-state index contributed by atoms with van der Waals surface area (Å²) >= 11 is 0. The minimum Gasteiger partial charge on any atom is -0.371 e. The molecule has 1 heterocycles. The molecule has 5 nitrogen and oxygen atoms in total. The van der Waals surface area contributed by atoms with Crippen molar-refractivity contribution < 1.29 is 9.26 Å². The second-order valence-electron chi connectivity index (χ2n) is 5.87. The van der Waals surface area contributed by atoms with Crippen molar-refractivity contribution in [1.29, 1.82) is 0 Å². The van der Waals surface area contributed by atoms with Crippen molar-refractivity contribution in [2.75, 3.05) is 14.2 Å². The van der Waals surface area contributed by atoms with Crippen molar-refractivity contribution in [3.8, 4) is 0 Å². The fourth-order valence-corrected chi connectivity index (χ4v) is 2.73. The van der Waals surface area contributed by atoms with Gasteiger partial charge in [-0.05, 0) is 39.7 Å². The molecule has 1 aromatic heterocycles. The molecule has 0 aromatic carbocycles. The van der Waals surface area contributed by atoms with Crippen LogP contribution in [0.15, 0.2) is 4.52 Å². The van der Waals surface area contributed by atoms with E-state index in [4.69, 9.17) is 9.26 Å². The van der Waals surface area contributed by atoms with E-state index in [-0.39, 0.29) is 0 Å². The number of nitrogens with one attached hydrogen (secondary N) is 1. The Labute approximate surface area is 115 Å². The van der Waals surface area contributed by atoms with Crippen molar-refractivity contribution in [2.24, 2.45) is 5.92 Å². The molecule has 1 aromatic rings. The summed E-state index contributed by atoms with van der Waals surface area (Å²) in [5.41, 5.74) is -0.496. The van der Waals surface area contributed by atoms with E-state index in [0.717, 1.165) is 12.3 Å². The zero-order chi connectivity index (χ0) is 13.9. The van der Waals surface area contributed by atoms with Gasteiger partial charge in [-0.2, -0.15) is 4.98 Å². The zero-order valence-corrected chi connectivity index (χ0v) is 12.4. The van der Waals surface area contributed by atoms with Crippen LogP contribution in [-0.2, 0) is 16.8 Å². The standard InChI is InChI=1S/C14H25N3O2/c1-14(2,18-4)13-16-12(19-17-13)9-11(15-3)10-7-5-6-8-10/h10-11,15H,5-9H2,1-4H3. The van der Waals surface area contributed by atoms with E-state index in [1.165, 1.54) is 25.7 Å². The lowest BCUT2D eigenvalue weighted by Crippen LogP contribution is -2.34. The summed E-state index contributed by atoms with van der Waals surface area (Å²) in [4.78, 5) is 4.47. The molecule has 1 N–H and O–H groups in total. The molecule has 0 bridgehead atoms. The Bertz CT molecular complexity index is 397. The highest BCUT2D eigenvalue weighted by molar-refractivity contribution is 4.99. The molecule has 1 atom stereocenters. The Morgan fingerprint density at radius 1 is 1.42 bits per heavy atom. The summed E-state index contributed by atoms with van der Waals surface area (Å²) in [6.45, 7) is 3.88. The summed E-state index contributed by atoms with van der Waals surface area (Å²) < 4.78 is 10.7. The van der Waals surface area contributed by atoms with Crippen molar-refractivity contribution in [3.63, 3.8) is 0 Å². The van der Waals surface area contributed by atoms with Gasteiger partial charge in [-0.3, -0.25) is 0 Å². The maximum absolute atomic E-state index is 5.37. The van der Waals surface area contributed by atoms with Crippen LogP contribution in [0.5, 0.6) is 0 Å². The van der Waals surface area contributed by atoms with Gasteiger partial charge < -0.3 is 14.6 Å². The van der Waals surface area contributed by atoms with Crippen LogP contribution in [-0.4, -0.2) is 30.3 Å². The topological polar surface area (TPSA) is 60.2 Å². The quantitative estimate of drug-likeness (QED) is 0.856. The molecular formula is C14H25N3O2. The zero-order valence-electron chi connectivity index (χ0n) is 12.4. The van der Waals surface area contributed by atoms with Crippen molar-refractivity contribution in [3.05, 3.63) is 11.7 Å². The van der Waals surface area contributed by atoms with Crippen molar-refractivity contribution >= 4 is 0 Å². The molecule has 5 heteroatoms. The lowest BCUT2D eigenvalue weighted by atomic mass is 9.95. The SMILES string of the molecule is CNC(Cc1nc(C(C)(C)OC)no1)C1CCCC1. The summed E-state index contributed by atoms with van der Waals surface area (Å²) in [6.07, 6.45) is 6.09. The summed E-state index contributed by atoms with van der Waals surface area (Å²) in [5, 5.41) is 7.43. The van der Waals surface area contributed by atoms with Crippen molar-refractivity contribution in [1.82, 2.24) is 15.5 Å². The number of rotatable bonds is 6. The van der Waals surface area contributed by atoms with Crippen LogP contribution in [0.1, 0.15) is 51.2 Å². The van der Waals surface area contributed by atoms with E-state index in [0.29, 0.717) is 17.8 Å². The monoisotopic (exact) mass is 267 g/mol. The molecule has 108 valence electrons. The second-order valence-corrected chi connectivity index (χ2v) is 5.87. The summed E-state index contributed by atoms with van der Waals surface area (Å²) in [7, 11) is 3.67. The van der Waals surface area contributed by atoms with Crippen molar-refractivity contribution in [2.45, 2.75) is 57.6 Å². The Morgan fingerprint density at radius 2 is 2.11 bits per heavy atom. The molecular weight excluding hydrogens is 242 g/mol. The second kappa shape index (κ2) is 6.01. The third-order valence-electron chi connectivity index (χ3n) is 4.25. The number of aromatic nitrogens is 2. The molecule has 1 unspecified atom stereocenters. The van der Waals surface area contributed by atoms with Gasteiger partial charge in [0.2, 0.25) is 11.7 Å². The Morgan fingerprint density at radius 3 is 2.68 bits per heavy atom. The van der Waals surface area contributed by atoms with E-state index in [1.807, 2.05) is 20.9 Å². The minimum atomic E-state index is -0.496. The number of methoxy groups -OCH3 is 1. The highest BCUT2D eigenvalue weighted by atomic mass is 16.5. The number of hydrogen-bond acceptors (Lipinski definition) is 5. The Balaban J connectivity index is 2.02. The van der Waals surface area contributed by atoms with Gasteiger partial charge in [-0.15, -0.1) is 0 Å². The number of likely N-dealkylation sites (N-methyl/N-ethyl adjacent to an activating group) is 1. The van der Waals surface area contributed by atoms with E-state index >= 15 is 0 Å². The molecule has 1 fully saturated rings. The largest absolute Gasteiger partial charge is 0.371 e. The average Bonchev–Trinajstić information content (AvgIpc) is 3.07. The van der Waals surface area contributed by atoms with Crippen LogP contribution in [0.4, 0.5) is 0 Å². The molecule has 19 heavy (non-hydrogen) atoms. The molecule has 0 radical (unpaired) electrons. The maximum Gasteiger partial charge on any atom is 0.228 e. The van der Waals surface area contributed by atoms with Crippen LogP contribution in [0.2, 0.25) is 0 Å². The average molecular weight is 267 g/mol. The summed E-state index contributed by atoms with van der Waals surface area (Å²) in [5.74, 6) is 2.05. The fourth-order valence-electron chi connectivity index (χ4n) is 2.73. The molecule has 1 aliphatic carbocycles. The van der Waals surface area contributed by atoms with E-state index < -0.39 is 5.60 Å². The van der Waals surface area contributed by atoms with Gasteiger partial charge in [-0.1, -0.05) is 18.0 Å². The predicted molar refractivity (Wildman–Crippen MR) is 72.8 cm³/mol. The van der Waals surface area contributed by atoms with Crippen LogP contribution in [0.25, 0.3) is 0 Å². The first-order valence-corrected chi connectivity index (χ1v) is 7.12. The molecule has 0 spiro atoms. The predicted octanol–water partition coefficient (Wildman–Crippen LogP) is 2.27. The number of nitrogens with zero attached hydrogens (tertiary/aromatic N) is 2. The Kier molecular flexibility index (Phi) is 4.58. The minimum absolute atomic E-state index is 0.432. The van der Waals surface area contributed by atoms with Gasteiger partial charge in [0.25, 0.3) is 0 Å². The molecule has 0 aliphatic heterocycles. The fraction of sp³-hybridized carbons (Fsp3) is 0.857. The molecule has 0 saturated heterocycles. The number of ether oxygens (including phenoxy) is 1. The smallest absolute Gasteiger partial charge is 0.228 e. The van der Waals surface area contributed by atoms with Gasteiger partial charge in [0.1, 0.15) is 5.60 Å². The van der Waals surface area contributed by atoms with Crippen LogP contribution in [0.3, 0.4) is 0 Å². The van der Waals surface area contributed by atoms with Gasteiger partial charge in [0.15, 0.2) is 0 Å². The lowest BCUT2D eigenvalue weighted by molar-refractivity contribution is 0.00973. The van der Waals surface area contributed by atoms with E-state index in [1.54, 1.807) is 7.11 Å². The van der Waals surface area contributed by atoms with Crippen LogP contribution >= 0.6 is 0 Å². The van der Waals surface area contributed by atoms with E-state index in [2.05, 4.69) is 15.5 Å². The normalized spacial score (nSPS) is 18.9. The van der Waals surface area contributed by atoms with Gasteiger partial charge in [0, 0.05) is 19.6 Å². The number of hydrogen-bond donors (Lipinski definition) is 1. The third kappa shape index (κ3) is 3.34. The first kappa shape index (κ1) is 14.5. The third-order valence-corrected chi connectivity index (χ3v) is 4.25. The molecule has 0 amide bonds. The van der Waals surface area contributed by atoms with Crippen LogP contribution in [0, 0.1) is 5.92 Å². The maximum atomic E-state index is 5.37. The molecule has 2 rings (SSSR count).